The van der Waals surface area contributed by atoms with Crippen molar-refractivity contribution in [3.05, 3.63) is 95.6 Å². The molecule has 1 aliphatic rings. The van der Waals surface area contributed by atoms with Gasteiger partial charge in [-0.3, -0.25) is 24.2 Å². The van der Waals surface area contributed by atoms with E-state index in [0.29, 0.717) is 12.0 Å². The number of rotatable bonds is 20. The van der Waals surface area contributed by atoms with Crippen molar-refractivity contribution in [3.8, 4) is 11.1 Å². The highest BCUT2D eigenvalue weighted by atomic mass is 16.6. The molecule has 0 saturated carbocycles. The molecule has 60 heavy (non-hydrogen) atoms. The normalized spacial score (nSPS) is 14.4. The van der Waals surface area contributed by atoms with Crippen LogP contribution in [0.3, 0.4) is 0 Å². The molecular formula is C44H57N7O9. The summed E-state index contributed by atoms with van der Waals surface area (Å²) in [6.45, 7) is 8.64. The van der Waals surface area contributed by atoms with Crippen molar-refractivity contribution in [2.75, 3.05) is 13.2 Å². The van der Waals surface area contributed by atoms with Crippen LogP contribution in [0.2, 0.25) is 0 Å². The van der Waals surface area contributed by atoms with E-state index in [1.54, 1.807) is 58.0 Å². The Bertz CT molecular complexity index is 1970. The van der Waals surface area contributed by atoms with Gasteiger partial charge in [0.15, 0.2) is 5.96 Å². The highest BCUT2D eigenvalue weighted by Crippen LogP contribution is 2.44. The van der Waals surface area contributed by atoms with Crippen LogP contribution >= 0.6 is 0 Å². The number of nitrogens with zero attached hydrogens (tertiary/aromatic N) is 1. The number of esters is 1. The number of guanidine groups is 1. The maximum absolute atomic E-state index is 14.1. The van der Waals surface area contributed by atoms with Gasteiger partial charge in [-0.1, -0.05) is 99.1 Å². The molecule has 0 heterocycles. The number of nitrogens with two attached hydrogens (primary N) is 2. The molecule has 0 bridgehead atoms. The highest BCUT2D eigenvalue weighted by Gasteiger charge is 2.36. The fourth-order valence-electron chi connectivity index (χ4n) is 6.83. The first-order chi connectivity index (χ1) is 28.5. The molecule has 5 atom stereocenters. The number of aliphatic carboxylic acids is 1. The van der Waals surface area contributed by atoms with E-state index in [-0.39, 0.29) is 44.3 Å². The molecule has 1 aliphatic carbocycles. The summed E-state index contributed by atoms with van der Waals surface area (Å²) in [5.41, 5.74) is 14.9. The molecule has 0 aliphatic heterocycles. The SMILES string of the molecule is CC[C@H](C)[C@H](NC(=O)[C@H](CC(=O)O)NC(=O)[C@H](CCCN=C(N)N)NC(=O)[C@H](Cc1ccccc1)NC(=O)OCC1c2ccccc2-c2ccccc21)C(=O)OC(C)(C)C. The summed E-state index contributed by atoms with van der Waals surface area (Å²) in [4.78, 5) is 84.2. The van der Waals surface area contributed by atoms with Crippen LogP contribution < -0.4 is 32.7 Å². The number of carboxylic acids is 1. The Morgan fingerprint density at radius 2 is 1.32 bits per heavy atom. The molecule has 4 amide bonds. The highest BCUT2D eigenvalue weighted by molar-refractivity contribution is 5.96. The molecule has 9 N–H and O–H groups in total. The van der Waals surface area contributed by atoms with Crippen LogP contribution in [-0.2, 0) is 39.9 Å². The lowest BCUT2D eigenvalue weighted by Crippen LogP contribution is -2.59. The lowest BCUT2D eigenvalue weighted by Gasteiger charge is -2.29. The maximum atomic E-state index is 14.1. The predicted octanol–water partition coefficient (Wildman–Crippen LogP) is 3.51. The van der Waals surface area contributed by atoms with Crippen molar-refractivity contribution in [3.63, 3.8) is 0 Å². The van der Waals surface area contributed by atoms with Crippen LogP contribution in [0.1, 0.15) is 82.9 Å². The van der Waals surface area contributed by atoms with Gasteiger partial charge in [0, 0.05) is 18.9 Å². The lowest BCUT2D eigenvalue weighted by molar-refractivity contribution is -0.160. The fraction of sp³-hybridized carbons (Fsp3) is 0.432. The number of hydrogen-bond donors (Lipinski definition) is 7. The van der Waals surface area contributed by atoms with E-state index in [1.165, 1.54) is 0 Å². The minimum Gasteiger partial charge on any atom is -0.481 e. The first-order valence-corrected chi connectivity index (χ1v) is 20.0. The molecule has 0 spiro atoms. The number of alkyl carbamates (subject to hydrolysis) is 1. The van der Waals surface area contributed by atoms with E-state index in [1.807, 2.05) is 55.5 Å². The van der Waals surface area contributed by atoms with Gasteiger partial charge >= 0.3 is 18.0 Å². The quantitative estimate of drug-likeness (QED) is 0.0376. The van der Waals surface area contributed by atoms with Gasteiger partial charge in [-0.15, -0.1) is 0 Å². The first kappa shape index (κ1) is 46.2. The molecule has 4 rings (SSSR count). The number of fused-ring (bicyclic) bond motifs is 3. The molecule has 16 nitrogen and oxygen atoms in total. The number of hydrogen-bond acceptors (Lipinski definition) is 9. The number of nitrogens with one attached hydrogen (secondary N) is 4. The fourth-order valence-corrected chi connectivity index (χ4v) is 6.83. The number of amides is 4. The first-order valence-electron chi connectivity index (χ1n) is 20.0. The second kappa shape index (κ2) is 21.5. The summed E-state index contributed by atoms with van der Waals surface area (Å²) in [5.74, 6) is -5.54. The number of carboxylic acid groups (broad SMARTS) is 1. The van der Waals surface area contributed by atoms with Gasteiger partial charge in [-0.2, -0.15) is 0 Å². The number of carbonyl (C=O) groups is 6. The third-order valence-electron chi connectivity index (χ3n) is 10.00. The molecule has 0 saturated heterocycles. The van der Waals surface area contributed by atoms with Gasteiger partial charge in [-0.05, 0) is 67.3 Å². The Balaban J connectivity index is 1.54. The molecule has 0 aromatic heterocycles. The van der Waals surface area contributed by atoms with Crippen LogP contribution in [0.4, 0.5) is 4.79 Å². The van der Waals surface area contributed by atoms with E-state index < -0.39 is 77.9 Å². The van der Waals surface area contributed by atoms with E-state index in [9.17, 15) is 33.9 Å². The van der Waals surface area contributed by atoms with E-state index in [2.05, 4.69) is 26.3 Å². The second-order valence-electron chi connectivity index (χ2n) is 15.8. The van der Waals surface area contributed by atoms with Crippen molar-refractivity contribution >= 4 is 41.7 Å². The summed E-state index contributed by atoms with van der Waals surface area (Å²) in [7, 11) is 0. The van der Waals surface area contributed by atoms with Crippen molar-refractivity contribution in [1.29, 1.82) is 0 Å². The predicted molar refractivity (Wildman–Crippen MR) is 225 cm³/mol. The zero-order valence-corrected chi connectivity index (χ0v) is 34.7. The smallest absolute Gasteiger partial charge is 0.407 e. The molecule has 0 radical (unpaired) electrons. The molecule has 3 aromatic rings. The number of benzene rings is 3. The van der Waals surface area contributed by atoms with Crippen LogP contribution in [0.15, 0.2) is 83.9 Å². The van der Waals surface area contributed by atoms with Crippen molar-refractivity contribution in [1.82, 2.24) is 21.3 Å². The molecule has 0 fully saturated rings. The summed E-state index contributed by atoms with van der Waals surface area (Å²) in [6.07, 6.45) is -1.08. The number of carbonyl (C=O) groups excluding carboxylic acids is 5. The summed E-state index contributed by atoms with van der Waals surface area (Å²) in [5, 5.41) is 20.1. The molecule has 322 valence electrons. The van der Waals surface area contributed by atoms with Gasteiger partial charge in [0.05, 0.1) is 6.42 Å². The number of ether oxygens (including phenoxy) is 2. The molecule has 16 heteroatoms. The van der Waals surface area contributed by atoms with Gasteiger partial charge in [0.25, 0.3) is 0 Å². The lowest BCUT2D eigenvalue weighted by atomic mass is 9.98. The summed E-state index contributed by atoms with van der Waals surface area (Å²) < 4.78 is 11.3. The minimum absolute atomic E-state index is 0.00575. The largest absolute Gasteiger partial charge is 0.481 e. The standard InChI is InChI=1S/C44H57N7O9/c1-6-26(2)37(41(57)60-44(3,4)5)51-40(56)35(24-36(52)53)49-38(54)33(21-14-22-47-42(45)46)48-39(55)34(23-27-15-8-7-9-16-27)50-43(58)59-25-32-30-19-12-10-17-28(30)29-18-11-13-20-31(29)32/h7-13,15-20,26,32-35,37H,6,14,21-25H2,1-5H3,(H,48,55)(H,49,54)(H,50,58)(H,51,56)(H,52,53)(H4,45,46,47)/t26-,33-,34-,35-,37-/m0/s1. The number of aliphatic imine (C=N–C) groups is 1. The van der Waals surface area contributed by atoms with Gasteiger partial charge in [0.2, 0.25) is 17.7 Å². The van der Waals surface area contributed by atoms with Crippen LogP contribution in [0, 0.1) is 5.92 Å². The average molecular weight is 828 g/mol. The van der Waals surface area contributed by atoms with Crippen LogP contribution in [0.5, 0.6) is 0 Å². The Kier molecular flexibility index (Phi) is 16.6. The van der Waals surface area contributed by atoms with Crippen molar-refractivity contribution in [2.24, 2.45) is 22.4 Å². The minimum atomic E-state index is -1.65. The Morgan fingerprint density at radius 3 is 1.88 bits per heavy atom. The van der Waals surface area contributed by atoms with E-state index in [4.69, 9.17) is 20.9 Å². The third-order valence-corrected chi connectivity index (χ3v) is 10.00. The molecule has 0 unspecified atom stereocenters. The Hall–Kier alpha value is -6.45. The van der Waals surface area contributed by atoms with E-state index in [0.717, 1.165) is 22.3 Å². The maximum Gasteiger partial charge on any atom is 0.407 e. The van der Waals surface area contributed by atoms with Crippen LogP contribution in [0.25, 0.3) is 11.1 Å². The molecule has 3 aromatic carbocycles. The third kappa shape index (κ3) is 13.6. The second-order valence-corrected chi connectivity index (χ2v) is 15.8. The Labute approximate surface area is 350 Å². The monoisotopic (exact) mass is 827 g/mol. The van der Waals surface area contributed by atoms with Gasteiger partial charge < -0.3 is 47.3 Å². The van der Waals surface area contributed by atoms with Gasteiger partial charge in [0.1, 0.15) is 36.4 Å². The van der Waals surface area contributed by atoms with E-state index >= 15 is 0 Å². The zero-order valence-electron chi connectivity index (χ0n) is 34.7. The average Bonchev–Trinajstić information content (AvgIpc) is 3.52. The van der Waals surface area contributed by atoms with Crippen molar-refractivity contribution < 1.29 is 43.3 Å². The topological polar surface area (TPSA) is 254 Å². The van der Waals surface area contributed by atoms with Crippen molar-refractivity contribution in [2.45, 2.75) is 102 Å². The summed E-state index contributed by atoms with van der Waals surface area (Å²) >= 11 is 0. The zero-order chi connectivity index (χ0) is 44.0. The Morgan fingerprint density at radius 1 is 0.767 bits per heavy atom. The van der Waals surface area contributed by atoms with Gasteiger partial charge in [-0.25, -0.2) is 9.59 Å². The summed E-state index contributed by atoms with van der Waals surface area (Å²) in [6, 6.07) is 19.3. The molecular weight excluding hydrogens is 771 g/mol. The van der Waals surface area contributed by atoms with Crippen LogP contribution in [-0.4, -0.2) is 89.7 Å².